The van der Waals surface area contributed by atoms with Crippen LogP contribution in [0.2, 0.25) is 0 Å². The van der Waals surface area contributed by atoms with E-state index in [9.17, 15) is 18.0 Å². The molecule has 0 saturated heterocycles. The van der Waals surface area contributed by atoms with Gasteiger partial charge in [-0.05, 0) is 30.3 Å². The van der Waals surface area contributed by atoms with Gasteiger partial charge in [-0.15, -0.1) is 11.3 Å². The van der Waals surface area contributed by atoms with Crippen molar-refractivity contribution in [3.8, 4) is 0 Å². The minimum atomic E-state index is -3.66. The number of amides is 2. The standard InChI is InChI=1S/C20H23N5O4S2/c1-4-25(5-2)31(28,29)16-12-17(24(3)13-16)19(27)22-15-8-6-14(7-9-15)18(26)23-20-21-10-11-30-20/h6-13H,4-5H2,1-3H3,(H,22,27)(H,21,23,26). The smallest absolute Gasteiger partial charge is 0.272 e. The zero-order valence-electron chi connectivity index (χ0n) is 17.3. The van der Waals surface area contributed by atoms with Gasteiger partial charge in [0.05, 0.1) is 0 Å². The SMILES string of the molecule is CCN(CC)S(=O)(=O)c1cc(C(=O)Nc2ccc(C(=O)Nc3nccs3)cc2)n(C)c1. The number of rotatable bonds is 8. The average Bonchev–Trinajstić information content (AvgIpc) is 3.39. The van der Waals surface area contributed by atoms with E-state index in [1.54, 1.807) is 56.7 Å². The zero-order valence-corrected chi connectivity index (χ0v) is 19.0. The first-order valence-corrected chi connectivity index (χ1v) is 11.9. The van der Waals surface area contributed by atoms with Crippen molar-refractivity contribution in [1.82, 2.24) is 13.9 Å². The minimum absolute atomic E-state index is 0.0676. The van der Waals surface area contributed by atoms with Crippen molar-refractivity contribution in [2.24, 2.45) is 7.05 Å². The summed E-state index contributed by atoms with van der Waals surface area (Å²) in [5.41, 5.74) is 1.10. The highest BCUT2D eigenvalue weighted by Crippen LogP contribution is 2.20. The maximum atomic E-state index is 12.7. The summed E-state index contributed by atoms with van der Waals surface area (Å²) in [5, 5.41) is 7.67. The van der Waals surface area contributed by atoms with E-state index in [-0.39, 0.29) is 16.5 Å². The summed E-state index contributed by atoms with van der Waals surface area (Å²) in [7, 11) is -2.05. The third-order valence-corrected chi connectivity index (χ3v) is 7.32. The molecule has 0 bridgehead atoms. The van der Waals surface area contributed by atoms with Crippen LogP contribution < -0.4 is 10.6 Å². The lowest BCUT2D eigenvalue weighted by Crippen LogP contribution is -2.30. The second-order valence-corrected chi connectivity index (χ2v) is 9.42. The highest BCUT2D eigenvalue weighted by molar-refractivity contribution is 7.89. The molecule has 1 aromatic carbocycles. The Hall–Kier alpha value is -3.02. The Morgan fingerprint density at radius 1 is 1.10 bits per heavy atom. The second-order valence-electron chi connectivity index (χ2n) is 6.58. The topological polar surface area (TPSA) is 113 Å². The molecule has 0 aliphatic heterocycles. The molecule has 164 valence electrons. The van der Waals surface area contributed by atoms with E-state index in [0.29, 0.717) is 29.5 Å². The molecule has 0 spiro atoms. The highest BCUT2D eigenvalue weighted by atomic mass is 32.2. The highest BCUT2D eigenvalue weighted by Gasteiger charge is 2.25. The molecule has 2 aromatic heterocycles. The van der Waals surface area contributed by atoms with Crippen molar-refractivity contribution < 1.29 is 18.0 Å². The van der Waals surface area contributed by atoms with Gasteiger partial charge in [0.25, 0.3) is 11.8 Å². The van der Waals surface area contributed by atoms with Crippen molar-refractivity contribution in [2.45, 2.75) is 18.7 Å². The first-order valence-electron chi connectivity index (χ1n) is 9.55. The molecule has 3 aromatic rings. The molecule has 0 fully saturated rings. The van der Waals surface area contributed by atoms with Crippen LogP contribution in [-0.2, 0) is 17.1 Å². The molecule has 3 rings (SSSR count). The van der Waals surface area contributed by atoms with Gasteiger partial charge < -0.3 is 9.88 Å². The van der Waals surface area contributed by atoms with E-state index in [1.807, 2.05) is 0 Å². The fourth-order valence-corrected chi connectivity index (χ4v) is 5.02. The van der Waals surface area contributed by atoms with Crippen LogP contribution in [0.15, 0.2) is 53.0 Å². The van der Waals surface area contributed by atoms with Crippen molar-refractivity contribution in [3.05, 3.63) is 59.4 Å². The first-order chi connectivity index (χ1) is 14.8. The van der Waals surface area contributed by atoms with Crippen molar-refractivity contribution in [1.29, 1.82) is 0 Å². The lowest BCUT2D eigenvalue weighted by atomic mass is 10.2. The molecule has 9 nitrogen and oxygen atoms in total. The summed E-state index contributed by atoms with van der Waals surface area (Å²) in [5.74, 6) is -0.759. The van der Waals surface area contributed by atoms with E-state index < -0.39 is 15.9 Å². The van der Waals surface area contributed by atoms with Crippen LogP contribution in [0.1, 0.15) is 34.7 Å². The summed E-state index contributed by atoms with van der Waals surface area (Å²) in [6.07, 6.45) is 3.02. The maximum Gasteiger partial charge on any atom is 0.272 e. The molecule has 2 N–H and O–H groups in total. The Kier molecular flexibility index (Phi) is 6.88. The largest absolute Gasteiger partial charge is 0.345 e. The molecule has 0 aliphatic carbocycles. The molecule has 0 radical (unpaired) electrons. The number of aromatic nitrogens is 2. The molecule has 31 heavy (non-hydrogen) atoms. The van der Waals surface area contributed by atoms with E-state index in [1.165, 1.54) is 32.5 Å². The van der Waals surface area contributed by atoms with Gasteiger partial charge in [0, 0.05) is 49.2 Å². The Bertz CT molecular complexity index is 1160. The van der Waals surface area contributed by atoms with Gasteiger partial charge in [-0.2, -0.15) is 4.31 Å². The number of hydrogen-bond donors (Lipinski definition) is 2. The predicted octanol–water partition coefficient (Wildman–Crippen LogP) is 3.02. The third kappa shape index (κ3) is 5.01. The van der Waals surface area contributed by atoms with Crippen molar-refractivity contribution >= 4 is 44.0 Å². The quantitative estimate of drug-likeness (QED) is 0.535. The van der Waals surface area contributed by atoms with Gasteiger partial charge in [0.15, 0.2) is 5.13 Å². The Balaban J connectivity index is 1.72. The van der Waals surface area contributed by atoms with Crippen LogP contribution in [0.25, 0.3) is 0 Å². The molecule has 0 atom stereocenters. The molecule has 0 saturated carbocycles. The van der Waals surface area contributed by atoms with Gasteiger partial charge in [-0.1, -0.05) is 13.8 Å². The molecule has 0 aliphatic rings. The Morgan fingerprint density at radius 3 is 2.35 bits per heavy atom. The molecular weight excluding hydrogens is 438 g/mol. The lowest BCUT2D eigenvalue weighted by Gasteiger charge is -2.17. The average molecular weight is 462 g/mol. The molecule has 2 amide bonds. The molecule has 11 heteroatoms. The fraction of sp³-hybridized carbons (Fsp3) is 0.250. The van der Waals surface area contributed by atoms with E-state index >= 15 is 0 Å². The number of benzene rings is 1. The van der Waals surface area contributed by atoms with Gasteiger partial charge in [0.2, 0.25) is 10.0 Å². The van der Waals surface area contributed by atoms with Gasteiger partial charge in [-0.25, -0.2) is 13.4 Å². The zero-order chi connectivity index (χ0) is 22.6. The van der Waals surface area contributed by atoms with Crippen molar-refractivity contribution in [3.63, 3.8) is 0 Å². The van der Waals surface area contributed by atoms with Crippen LogP contribution in [-0.4, -0.2) is 47.2 Å². The summed E-state index contributed by atoms with van der Waals surface area (Å²) in [6, 6.07) is 7.73. The monoisotopic (exact) mass is 461 g/mol. The maximum absolute atomic E-state index is 12.7. The van der Waals surface area contributed by atoms with Crippen LogP contribution >= 0.6 is 11.3 Å². The number of thiazole rings is 1. The number of carbonyl (C=O) groups is 2. The third-order valence-electron chi connectivity index (χ3n) is 4.61. The molecule has 0 unspecified atom stereocenters. The molecular formula is C20H23N5O4S2. The summed E-state index contributed by atoms with van der Waals surface area (Å²) in [6.45, 7) is 4.21. The second kappa shape index (κ2) is 9.41. The lowest BCUT2D eigenvalue weighted by molar-refractivity contribution is 0.101. The van der Waals surface area contributed by atoms with Gasteiger partial charge >= 0.3 is 0 Å². The van der Waals surface area contributed by atoms with Gasteiger partial charge in [0.1, 0.15) is 10.6 Å². The van der Waals surface area contributed by atoms with Crippen LogP contribution in [0, 0.1) is 0 Å². The number of nitrogens with one attached hydrogen (secondary N) is 2. The number of anilines is 2. The molecule has 2 heterocycles. The number of hydrogen-bond acceptors (Lipinski definition) is 6. The van der Waals surface area contributed by atoms with Crippen LogP contribution in [0.5, 0.6) is 0 Å². The van der Waals surface area contributed by atoms with Crippen LogP contribution in [0.4, 0.5) is 10.8 Å². The number of aryl methyl sites for hydroxylation is 1. The van der Waals surface area contributed by atoms with E-state index in [0.717, 1.165) is 0 Å². The predicted molar refractivity (Wildman–Crippen MR) is 120 cm³/mol. The van der Waals surface area contributed by atoms with Crippen LogP contribution in [0.3, 0.4) is 0 Å². The van der Waals surface area contributed by atoms with E-state index in [2.05, 4.69) is 15.6 Å². The number of nitrogens with zero attached hydrogens (tertiary/aromatic N) is 3. The van der Waals surface area contributed by atoms with Gasteiger partial charge in [-0.3, -0.25) is 14.9 Å². The fourth-order valence-electron chi connectivity index (χ4n) is 2.97. The Morgan fingerprint density at radius 2 is 1.77 bits per heavy atom. The summed E-state index contributed by atoms with van der Waals surface area (Å²) in [4.78, 5) is 29.0. The number of sulfonamides is 1. The summed E-state index contributed by atoms with van der Waals surface area (Å²) >= 11 is 1.32. The summed E-state index contributed by atoms with van der Waals surface area (Å²) < 4.78 is 28.2. The normalized spacial score (nSPS) is 11.5. The Labute approximate surface area is 184 Å². The van der Waals surface area contributed by atoms with Crippen molar-refractivity contribution in [2.75, 3.05) is 23.7 Å². The number of carbonyl (C=O) groups excluding carboxylic acids is 2. The first kappa shape index (κ1) is 22.7. The minimum Gasteiger partial charge on any atom is -0.345 e. The van der Waals surface area contributed by atoms with E-state index in [4.69, 9.17) is 0 Å².